The van der Waals surface area contributed by atoms with E-state index >= 15 is 0 Å². The van der Waals surface area contributed by atoms with Crippen LogP contribution in [0.15, 0.2) is 35.9 Å². The highest BCUT2D eigenvalue weighted by Gasteiger charge is 2.37. The number of nitrogens with zero attached hydrogens (tertiary/aromatic N) is 1. The highest BCUT2D eigenvalue weighted by Crippen LogP contribution is 2.38. The lowest BCUT2D eigenvalue weighted by atomic mass is 10.1. The summed E-state index contributed by atoms with van der Waals surface area (Å²) in [5, 5.41) is 2.90. The number of ether oxygens (including phenoxy) is 2. The molecule has 2 aromatic rings. The Labute approximate surface area is 227 Å². The quantitative estimate of drug-likeness (QED) is 0.174. The summed E-state index contributed by atoms with van der Waals surface area (Å²) < 4.78 is 11.7. The molecule has 7 nitrogen and oxygen atoms in total. The summed E-state index contributed by atoms with van der Waals surface area (Å²) in [7, 11) is 0. The van der Waals surface area contributed by atoms with Crippen molar-refractivity contribution in [3.05, 3.63) is 57.1 Å². The molecule has 0 spiro atoms. The van der Waals surface area contributed by atoms with Crippen LogP contribution in [0.25, 0.3) is 6.08 Å². The third kappa shape index (κ3) is 7.27. The highest BCUT2D eigenvalue weighted by molar-refractivity contribution is 6.39. The number of anilines is 1. The van der Waals surface area contributed by atoms with Crippen molar-refractivity contribution in [2.24, 2.45) is 0 Å². The van der Waals surface area contributed by atoms with Gasteiger partial charge in [-0.15, -0.1) is 0 Å². The van der Waals surface area contributed by atoms with Crippen LogP contribution in [0.5, 0.6) is 11.5 Å². The van der Waals surface area contributed by atoms with Gasteiger partial charge in [-0.25, -0.2) is 9.69 Å². The Morgan fingerprint density at radius 1 is 0.919 bits per heavy atom. The van der Waals surface area contributed by atoms with Crippen LogP contribution < -0.4 is 19.7 Å². The number of hydrogen-bond donors (Lipinski definition) is 1. The van der Waals surface area contributed by atoms with Crippen molar-refractivity contribution in [1.82, 2.24) is 5.32 Å². The average Bonchev–Trinajstić information content (AvgIpc) is 2.84. The summed E-state index contributed by atoms with van der Waals surface area (Å²) in [5.74, 6) is -0.743. The Bertz CT molecular complexity index is 1200. The zero-order chi connectivity index (χ0) is 26.9. The van der Waals surface area contributed by atoms with E-state index in [9.17, 15) is 14.4 Å². The number of urea groups is 1. The highest BCUT2D eigenvalue weighted by atomic mass is 35.5. The van der Waals surface area contributed by atoms with Crippen molar-refractivity contribution < 1.29 is 23.9 Å². The van der Waals surface area contributed by atoms with Crippen LogP contribution in [0.1, 0.15) is 63.5 Å². The summed E-state index contributed by atoms with van der Waals surface area (Å²) in [6, 6.07) is 7.18. The number of aryl methyl sites for hydroxylation is 1. The smallest absolute Gasteiger partial charge is 0.335 e. The molecule has 3 rings (SSSR count). The van der Waals surface area contributed by atoms with Crippen LogP contribution in [-0.4, -0.2) is 31.1 Å². The summed E-state index contributed by atoms with van der Waals surface area (Å²) in [6.45, 7) is 6.71. The SMILES string of the molecule is CCCCCCCCOc1c(Cl)cc(/C=C2\C(=O)NC(=O)N(c3ccc(C)c(Cl)c3)C2=O)cc1OCC. The number of nitrogens with one attached hydrogen (secondary N) is 1. The summed E-state index contributed by atoms with van der Waals surface area (Å²) in [4.78, 5) is 39.2. The van der Waals surface area contributed by atoms with Gasteiger partial charge in [-0.2, -0.15) is 0 Å². The van der Waals surface area contributed by atoms with Gasteiger partial charge in [0.1, 0.15) is 5.57 Å². The number of carbonyl (C=O) groups excluding carboxylic acids is 3. The molecule has 1 aliphatic rings. The molecular weight excluding hydrogens is 515 g/mol. The largest absolute Gasteiger partial charge is 0.490 e. The van der Waals surface area contributed by atoms with E-state index in [1.807, 2.05) is 6.92 Å². The number of unbranched alkanes of at least 4 members (excludes halogenated alkanes) is 5. The van der Waals surface area contributed by atoms with E-state index in [0.29, 0.717) is 40.3 Å². The van der Waals surface area contributed by atoms with E-state index in [0.717, 1.165) is 23.3 Å². The van der Waals surface area contributed by atoms with Crippen molar-refractivity contribution in [1.29, 1.82) is 0 Å². The maximum atomic E-state index is 13.2. The number of benzene rings is 2. The van der Waals surface area contributed by atoms with Crippen LogP contribution in [-0.2, 0) is 9.59 Å². The predicted octanol–water partition coefficient (Wildman–Crippen LogP) is 7.11. The van der Waals surface area contributed by atoms with Crippen molar-refractivity contribution in [3.63, 3.8) is 0 Å². The second kappa shape index (κ2) is 13.5. The van der Waals surface area contributed by atoms with Gasteiger partial charge in [0.05, 0.1) is 23.9 Å². The Hall–Kier alpha value is -3.03. The third-order valence-corrected chi connectivity index (χ3v) is 6.59. The minimum Gasteiger partial charge on any atom is -0.490 e. The lowest BCUT2D eigenvalue weighted by Crippen LogP contribution is -2.54. The van der Waals surface area contributed by atoms with Gasteiger partial charge in [-0.3, -0.25) is 14.9 Å². The van der Waals surface area contributed by atoms with E-state index in [-0.39, 0.29) is 11.3 Å². The zero-order valence-corrected chi connectivity index (χ0v) is 22.9. The van der Waals surface area contributed by atoms with Gasteiger partial charge in [0, 0.05) is 5.02 Å². The summed E-state index contributed by atoms with van der Waals surface area (Å²) in [5.41, 5.74) is 1.27. The monoisotopic (exact) mass is 546 g/mol. The number of amides is 4. The molecule has 4 amide bonds. The first-order valence-electron chi connectivity index (χ1n) is 12.5. The first-order chi connectivity index (χ1) is 17.8. The Balaban J connectivity index is 1.83. The molecule has 0 unspecified atom stereocenters. The number of barbiturate groups is 1. The minimum atomic E-state index is -0.849. The molecule has 37 heavy (non-hydrogen) atoms. The molecule has 0 bridgehead atoms. The van der Waals surface area contributed by atoms with E-state index in [2.05, 4.69) is 12.2 Å². The van der Waals surface area contributed by atoms with E-state index < -0.39 is 17.8 Å². The van der Waals surface area contributed by atoms with Gasteiger partial charge in [0.25, 0.3) is 11.8 Å². The van der Waals surface area contributed by atoms with Crippen LogP contribution in [0.2, 0.25) is 10.0 Å². The second-order valence-electron chi connectivity index (χ2n) is 8.77. The molecule has 1 heterocycles. The van der Waals surface area contributed by atoms with Gasteiger partial charge in [0.15, 0.2) is 11.5 Å². The number of rotatable bonds is 12. The lowest BCUT2D eigenvalue weighted by Gasteiger charge is -2.26. The van der Waals surface area contributed by atoms with Gasteiger partial charge in [-0.05, 0) is 61.7 Å². The standard InChI is InChI=1S/C28H32Cl2N2O5/c1-4-6-7-8-9-10-13-37-25-23(30)15-19(16-24(25)36-5-2)14-21-26(33)31-28(35)32(27(21)34)20-12-11-18(3)22(29)17-20/h11-12,14-17H,4-10,13H2,1-3H3,(H,31,33,35)/b21-14+. The Morgan fingerprint density at radius 2 is 1.65 bits per heavy atom. The first-order valence-corrected chi connectivity index (χ1v) is 13.3. The first kappa shape index (κ1) is 28.5. The van der Waals surface area contributed by atoms with Crippen LogP contribution in [0.4, 0.5) is 10.5 Å². The number of halogens is 2. The Morgan fingerprint density at radius 3 is 2.35 bits per heavy atom. The maximum absolute atomic E-state index is 13.2. The topological polar surface area (TPSA) is 84.9 Å². The third-order valence-electron chi connectivity index (χ3n) is 5.90. The molecule has 1 N–H and O–H groups in total. The molecule has 1 fully saturated rings. The zero-order valence-electron chi connectivity index (χ0n) is 21.4. The molecule has 0 saturated carbocycles. The van der Waals surface area contributed by atoms with E-state index in [4.69, 9.17) is 32.7 Å². The number of hydrogen-bond acceptors (Lipinski definition) is 5. The minimum absolute atomic E-state index is 0.226. The molecule has 0 radical (unpaired) electrons. The van der Waals surface area contributed by atoms with Gasteiger partial charge in [0.2, 0.25) is 0 Å². The summed E-state index contributed by atoms with van der Waals surface area (Å²) >= 11 is 12.7. The Kier molecular flexibility index (Phi) is 10.4. The van der Waals surface area contributed by atoms with E-state index in [1.165, 1.54) is 37.8 Å². The van der Waals surface area contributed by atoms with Crippen LogP contribution in [0, 0.1) is 6.92 Å². The summed E-state index contributed by atoms with van der Waals surface area (Å²) in [6.07, 6.45) is 8.18. The predicted molar refractivity (Wildman–Crippen MR) is 147 cm³/mol. The van der Waals surface area contributed by atoms with Crippen molar-refractivity contribution in [3.8, 4) is 11.5 Å². The maximum Gasteiger partial charge on any atom is 0.335 e. The van der Waals surface area contributed by atoms with Gasteiger partial charge >= 0.3 is 6.03 Å². The fourth-order valence-corrected chi connectivity index (χ4v) is 4.36. The fourth-order valence-electron chi connectivity index (χ4n) is 3.91. The van der Waals surface area contributed by atoms with Crippen molar-refractivity contribution >= 4 is 52.8 Å². The van der Waals surface area contributed by atoms with E-state index in [1.54, 1.807) is 31.2 Å². The molecule has 0 aromatic heterocycles. The average molecular weight is 547 g/mol. The fraction of sp³-hybridized carbons (Fsp3) is 0.393. The molecule has 1 saturated heterocycles. The molecule has 0 aliphatic carbocycles. The van der Waals surface area contributed by atoms with Crippen molar-refractivity contribution in [2.45, 2.75) is 59.3 Å². The normalized spacial score (nSPS) is 14.8. The number of imide groups is 2. The molecule has 0 atom stereocenters. The van der Waals surface area contributed by atoms with Gasteiger partial charge < -0.3 is 9.47 Å². The molecule has 1 aliphatic heterocycles. The van der Waals surface area contributed by atoms with Crippen LogP contribution >= 0.6 is 23.2 Å². The second-order valence-corrected chi connectivity index (χ2v) is 9.58. The molecular formula is C28H32Cl2N2O5. The van der Waals surface area contributed by atoms with Crippen LogP contribution in [0.3, 0.4) is 0 Å². The lowest BCUT2D eigenvalue weighted by molar-refractivity contribution is -0.122. The van der Waals surface area contributed by atoms with Crippen molar-refractivity contribution in [2.75, 3.05) is 18.1 Å². The van der Waals surface area contributed by atoms with Gasteiger partial charge in [-0.1, -0.05) is 68.3 Å². The molecule has 9 heteroatoms. The number of carbonyl (C=O) groups is 3. The molecule has 198 valence electrons. The molecule has 2 aromatic carbocycles.